The third-order valence-corrected chi connectivity index (χ3v) is 5.73. The van der Waals surface area contributed by atoms with Gasteiger partial charge in [0.1, 0.15) is 11.8 Å². The molecule has 3 rings (SSSR count). The summed E-state index contributed by atoms with van der Waals surface area (Å²) in [4.78, 5) is 28.6. The third kappa shape index (κ3) is 7.99. The van der Waals surface area contributed by atoms with Crippen LogP contribution in [-0.2, 0) is 22.6 Å². The minimum atomic E-state index is -0.670. The minimum absolute atomic E-state index is 0.0383. The zero-order chi connectivity index (χ0) is 25.4. The van der Waals surface area contributed by atoms with Crippen LogP contribution >= 0.6 is 0 Å². The average Bonchev–Trinajstić information content (AvgIpc) is 2.80. The number of nitrogens with zero attached hydrogens (tertiary/aromatic N) is 1. The Morgan fingerprint density at radius 2 is 1.46 bits per heavy atom. The first kappa shape index (κ1) is 26.0. The number of rotatable bonds is 10. The summed E-state index contributed by atoms with van der Waals surface area (Å²) in [6.07, 6.45) is 0.417. The first-order valence-electron chi connectivity index (χ1n) is 12.1. The number of amides is 2. The van der Waals surface area contributed by atoms with Gasteiger partial charge in [0.05, 0.1) is 0 Å². The molecular weight excluding hydrogens is 436 g/mol. The van der Waals surface area contributed by atoms with Crippen molar-refractivity contribution in [3.8, 4) is 5.75 Å². The summed E-state index contributed by atoms with van der Waals surface area (Å²) < 4.78 is 5.91. The molecule has 35 heavy (non-hydrogen) atoms. The van der Waals surface area contributed by atoms with E-state index in [1.807, 2.05) is 101 Å². The standard InChI is InChI=1S/C30H36N2O3/c1-21(2)31-30(34)28(18-25-9-7-6-8-10-25)32(19-26-13-11-22(3)12-14-26)29(33)20-35-27-16-23(4)15-24(5)17-27/h6-17,21,28H,18-20H2,1-5H3,(H,31,34)/t28-/m1/s1. The lowest BCUT2D eigenvalue weighted by atomic mass is 10.0. The summed E-state index contributed by atoms with van der Waals surface area (Å²) in [7, 11) is 0. The van der Waals surface area contributed by atoms with Crippen LogP contribution in [0.1, 0.15) is 41.7 Å². The van der Waals surface area contributed by atoms with Crippen molar-refractivity contribution < 1.29 is 14.3 Å². The summed E-state index contributed by atoms with van der Waals surface area (Å²) >= 11 is 0. The molecule has 0 saturated carbocycles. The van der Waals surface area contributed by atoms with E-state index in [2.05, 4.69) is 11.4 Å². The van der Waals surface area contributed by atoms with Gasteiger partial charge in [-0.2, -0.15) is 0 Å². The smallest absolute Gasteiger partial charge is 0.261 e. The van der Waals surface area contributed by atoms with E-state index in [0.29, 0.717) is 18.7 Å². The Morgan fingerprint density at radius 3 is 2.06 bits per heavy atom. The number of nitrogens with one attached hydrogen (secondary N) is 1. The van der Waals surface area contributed by atoms with E-state index < -0.39 is 6.04 Å². The van der Waals surface area contributed by atoms with Crippen LogP contribution in [0.25, 0.3) is 0 Å². The maximum absolute atomic E-state index is 13.6. The molecule has 1 N–H and O–H groups in total. The second-order valence-corrected chi connectivity index (χ2v) is 9.49. The van der Waals surface area contributed by atoms with E-state index in [4.69, 9.17) is 4.74 Å². The fraction of sp³-hybridized carbons (Fsp3) is 0.333. The van der Waals surface area contributed by atoms with Crippen LogP contribution in [0, 0.1) is 20.8 Å². The van der Waals surface area contributed by atoms with E-state index in [-0.39, 0.29) is 24.5 Å². The van der Waals surface area contributed by atoms with Gasteiger partial charge in [0.25, 0.3) is 5.91 Å². The molecular formula is C30H36N2O3. The Kier molecular flexibility index (Phi) is 9.07. The van der Waals surface area contributed by atoms with Crippen LogP contribution in [0.4, 0.5) is 0 Å². The van der Waals surface area contributed by atoms with Gasteiger partial charge in [-0.05, 0) is 69.0 Å². The first-order valence-corrected chi connectivity index (χ1v) is 12.1. The summed E-state index contributed by atoms with van der Waals surface area (Å²) in [6.45, 7) is 10.0. The van der Waals surface area contributed by atoms with E-state index >= 15 is 0 Å². The van der Waals surface area contributed by atoms with Crippen LogP contribution < -0.4 is 10.1 Å². The Morgan fingerprint density at radius 1 is 0.829 bits per heavy atom. The van der Waals surface area contributed by atoms with Crippen molar-refractivity contribution in [1.29, 1.82) is 0 Å². The van der Waals surface area contributed by atoms with Gasteiger partial charge in [0, 0.05) is 19.0 Å². The predicted octanol–water partition coefficient (Wildman–Crippen LogP) is 5.16. The van der Waals surface area contributed by atoms with Crippen LogP contribution in [-0.4, -0.2) is 35.4 Å². The molecule has 1 atom stereocenters. The summed E-state index contributed by atoms with van der Waals surface area (Å²) in [5, 5.41) is 3.01. The van der Waals surface area contributed by atoms with Crippen LogP contribution in [0.5, 0.6) is 5.75 Å². The van der Waals surface area contributed by atoms with E-state index in [1.165, 1.54) is 0 Å². The van der Waals surface area contributed by atoms with Crippen LogP contribution in [0.3, 0.4) is 0 Å². The SMILES string of the molecule is Cc1ccc(CN(C(=O)COc2cc(C)cc(C)c2)[C@H](Cc2ccccc2)C(=O)NC(C)C)cc1. The number of hydrogen-bond acceptors (Lipinski definition) is 3. The van der Waals surface area contributed by atoms with Crippen molar-refractivity contribution in [2.75, 3.05) is 6.61 Å². The molecule has 0 bridgehead atoms. The lowest BCUT2D eigenvalue weighted by Crippen LogP contribution is -2.52. The molecule has 0 saturated heterocycles. The highest BCUT2D eigenvalue weighted by Crippen LogP contribution is 2.19. The maximum Gasteiger partial charge on any atom is 0.261 e. The normalized spacial score (nSPS) is 11.7. The molecule has 5 heteroatoms. The number of carbonyl (C=O) groups is 2. The predicted molar refractivity (Wildman–Crippen MR) is 140 cm³/mol. The molecule has 0 radical (unpaired) electrons. The Balaban J connectivity index is 1.91. The summed E-state index contributed by atoms with van der Waals surface area (Å²) in [6, 6.07) is 23.0. The second-order valence-electron chi connectivity index (χ2n) is 9.49. The van der Waals surface area contributed by atoms with Gasteiger partial charge in [-0.15, -0.1) is 0 Å². The number of aryl methyl sites for hydroxylation is 3. The Hall–Kier alpha value is -3.60. The fourth-order valence-corrected chi connectivity index (χ4v) is 4.07. The monoisotopic (exact) mass is 472 g/mol. The molecule has 2 amide bonds. The summed E-state index contributed by atoms with van der Waals surface area (Å²) in [5.74, 6) is 0.248. The van der Waals surface area contributed by atoms with Gasteiger partial charge in [0.15, 0.2) is 6.61 Å². The third-order valence-electron chi connectivity index (χ3n) is 5.73. The van der Waals surface area contributed by atoms with Gasteiger partial charge < -0.3 is 15.0 Å². The highest BCUT2D eigenvalue weighted by molar-refractivity contribution is 5.88. The lowest BCUT2D eigenvalue weighted by Gasteiger charge is -2.32. The molecule has 0 aliphatic rings. The van der Waals surface area contributed by atoms with Crippen LogP contribution in [0.2, 0.25) is 0 Å². The Labute approximate surface area is 209 Å². The summed E-state index contributed by atoms with van der Waals surface area (Å²) in [5.41, 5.74) is 5.24. The molecule has 3 aromatic rings. The molecule has 0 spiro atoms. The molecule has 0 aliphatic carbocycles. The second kappa shape index (κ2) is 12.2. The minimum Gasteiger partial charge on any atom is -0.484 e. The first-order chi connectivity index (χ1) is 16.7. The lowest BCUT2D eigenvalue weighted by molar-refractivity contribution is -0.143. The quantitative estimate of drug-likeness (QED) is 0.444. The van der Waals surface area contributed by atoms with E-state index in [1.54, 1.807) is 4.90 Å². The molecule has 0 fully saturated rings. The van der Waals surface area contributed by atoms with E-state index in [0.717, 1.165) is 27.8 Å². The van der Waals surface area contributed by atoms with Gasteiger partial charge in [0.2, 0.25) is 5.91 Å². The largest absolute Gasteiger partial charge is 0.484 e. The maximum atomic E-state index is 13.6. The van der Waals surface area contributed by atoms with Crippen LogP contribution in [0.15, 0.2) is 72.8 Å². The van der Waals surface area contributed by atoms with E-state index in [9.17, 15) is 9.59 Å². The number of carbonyl (C=O) groups excluding carboxylic acids is 2. The molecule has 0 aromatic heterocycles. The van der Waals surface area contributed by atoms with Crippen molar-refractivity contribution in [3.63, 3.8) is 0 Å². The van der Waals surface area contributed by atoms with Gasteiger partial charge >= 0.3 is 0 Å². The van der Waals surface area contributed by atoms with Crippen molar-refractivity contribution in [2.45, 2.75) is 59.7 Å². The number of ether oxygens (including phenoxy) is 1. The fourth-order valence-electron chi connectivity index (χ4n) is 4.07. The van der Waals surface area contributed by atoms with Crippen molar-refractivity contribution in [2.24, 2.45) is 0 Å². The van der Waals surface area contributed by atoms with Crippen molar-refractivity contribution in [3.05, 3.63) is 101 Å². The molecule has 3 aromatic carbocycles. The molecule has 184 valence electrons. The molecule has 0 heterocycles. The zero-order valence-corrected chi connectivity index (χ0v) is 21.4. The highest BCUT2D eigenvalue weighted by atomic mass is 16.5. The molecule has 0 unspecified atom stereocenters. The topological polar surface area (TPSA) is 58.6 Å². The highest BCUT2D eigenvalue weighted by Gasteiger charge is 2.31. The zero-order valence-electron chi connectivity index (χ0n) is 21.4. The average molecular weight is 473 g/mol. The van der Waals surface area contributed by atoms with Crippen molar-refractivity contribution >= 4 is 11.8 Å². The van der Waals surface area contributed by atoms with Gasteiger partial charge in [-0.25, -0.2) is 0 Å². The number of benzene rings is 3. The number of hydrogen-bond donors (Lipinski definition) is 1. The van der Waals surface area contributed by atoms with Gasteiger partial charge in [-0.1, -0.05) is 66.2 Å². The molecule has 0 aliphatic heterocycles. The Bertz CT molecular complexity index is 1100. The van der Waals surface area contributed by atoms with Gasteiger partial charge in [-0.3, -0.25) is 9.59 Å². The molecule has 5 nitrogen and oxygen atoms in total. The van der Waals surface area contributed by atoms with Crippen molar-refractivity contribution in [1.82, 2.24) is 10.2 Å².